The molecule has 0 aliphatic carbocycles. The van der Waals surface area contributed by atoms with Crippen LogP contribution in [0.5, 0.6) is 0 Å². The number of imidazole rings is 1. The van der Waals surface area contributed by atoms with Crippen molar-refractivity contribution < 1.29 is 0 Å². The van der Waals surface area contributed by atoms with Gasteiger partial charge in [-0.25, -0.2) is 4.98 Å². The Hall–Kier alpha value is -0.770. The minimum absolute atomic E-state index is 0.278. The van der Waals surface area contributed by atoms with Crippen LogP contribution in [0, 0.1) is 5.41 Å². The Labute approximate surface area is 135 Å². The van der Waals surface area contributed by atoms with Crippen molar-refractivity contribution in [3.63, 3.8) is 0 Å². The van der Waals surface area contributed by atoms with Gasteiger partial charge >= 0.3 is 0 Å². The van der Waals surface area contributed by atoms with Crippen molar-refractivity contribution in [2.75, 3.05) is 20.1 Å². The van der Waals surface area contributed by atoms with Crippen LogP contribution in [0.15, 0.2) is 18.2 Å². The second-order valence-corrected chi connectivity index (χ2v) is 7.14. The van der Waals surface area contributed by atoms with Gasteiger partial charge in [-0.3, -0.25) is 0 Å². The molecule has 114 valence electrons. The van der Waals surface area contributed by atoms with Gasteiger partial charge in [0.15, 0.2) is 0 Å². The van der Waals surface area contributed by atoms with Crippen LogP contribution in [0.1, 0.15) is 25.6 Å². The zero-order valence-electron chi connectivity index (χ0n) is 12.6. The lowest BCUT2D eigenvalue weighted by molar-refractivity contribution is 0.121. The topological polar surface area (TPSA) is 21.1 Å². The minimum Gasteiger partial charge on any atom is -0.325 e. The number of likely N-dealkylation sites (tertiary alicyclic amines) is 1. The van der Waals surface area contributed by atoms with Gasteiger partial charge in [0.1, 0.15) is 5.82 Å². The molecule has 0 N–H and O–H groups in total. The standard InChI is InChI=1S/C16H21Cl2N3/c1-16(6-8-20(2)9-7-16)11-21-14(10-17)19-13-5-3-4-12(18)15(13)21/h3-5H,6-11H2,1-2H3. The van der Waals surface area contributed by atoms with E-state index in [9.17, 15) is 0 Å². The first kappa shape index (κ1) is 15.1. The molecular formula is C16H21Cl2N3. The summed E-state index contributed by atoms with van der Waals surface area (Å²) >= 11 is 12.5. The quantitative estimate of drug-likeness (QED) is 0.790. The highest BCUT2D eigenvalue weighted by Crippen LogP contribution is 2.35. The molecule has 1 fully saturated rings. The van der Waals surface area contributed by atoms with Gasteiger partial charge in [-0.1, -0.05) is 24.6 Å². The number of nitrogens with zero attached hydrogens (tertiary/aromatic N) is 3. The maximum Gasteiger partial charge on any atom is 0.124 e. The van der Waals surface area contributed by atoms with Crippen molar-refractivity contribution in [1.82, 2.24) is 14.5 Å². The van der Waals surface area contributed by atoms with E-state index < -0.39 is 0 Å². The van der Waals surface area contributed by atoms with Crippen LogP contribution in [0.4, 0.5) is 0 Å². The SMILES string of the molecule is CN1CCC(C)(Cn2c(CCl)nc3cccc(Cl)c32)CC1. The molecule has 0 radical (unpaired) electrons. The van der Waals surface area contributed by atoms with Crippen LogP contribution in [0.3, 0.4) is 0 Å². The molecule has 1 aliphatic rings. The molecule has 0 atom stereocenters. The number of benzene rings is 1. The van der Waals surface area contributed by atoms with Crippen LogP contribution in [-0.2, 0) is 12.4 Å². The van der Waals surface area contributed by atoms with E-state index in [1.54, 1.807) is 0 Å². The Balaban J connectivity index is 1.99. The number of para-hydroxylation sites is 1. The number of alkyl halides is 1. The van der Waals surface area contributed by atoms with Crippen molar-refractivity contribution >= 4 is 34.2 Å². The molecule has 0 amide bonds. The number of rotatable bonds is 3. The van der Waals surface area contributed by atoms with E-state index in [2.05, 4.69) is 28.4 Å². The Morgan fingerprint density at radius 3 is 2.67 bits per heavy atom. The Morgan fingerprint density at radius 1 is 1.29 bits per heavy atom. The van der Waals surface area contributed by atoms with E-state index in [0.29, 0.717) is 5.88 Å². The number of hydrogen-bond donors (Lipinski definition) is 0. The van der Waals surface area contributed by atoms with Crippen LogP contribution < -0.4 is 0 Å². The lowest BCUT2D eigenvalue weighted by Crippen LogP contribution is -2.38. The molecule has 1 aromatic heterocycles. The number of halogens is 2. The highest BCUT2D eigenvalue weighted by Gasteiger charge is 2.30. The highest BCUT2D eigenvalue weighted by atomic mass is 35.5. The predicted molar refractivity (Wildman–Crippen MR) is 89.1 cm³/mol. The molecule has 1 saturated heterocycles. The fraction of sp³-hybridized carbons (Fsp3) is 0.562. The molecule has 5 heteroatoms. The monoisotopic (exact) mass is 325 g/mol. The maximum atomic E-state index is 6.41. The first-order valence-corrected chi connectivity index (χ1v) is 8.32. The van der Waals surface area contributed by atoms with Crippen LogP contribution in [0.25, 0.3) is 11.0 Å². The number of aromatic nitrogens is 2. The van der Waals surface area contributed by atoms with Gasteiger partial charge in [-0.05, 0) is 50.5 Å². The third kappa shape index (κ3) is 2.92. The van der Waals surface area contributed by atoms with Crippen molar-refractivity contribution in [3.8, 4) is 0 Å². The van der Waals surface area contributed by atoms with E-state index in [4.69, 9.17) is 23.2 Å². The molecule has 21 heavy (non-hydrogen) atoms. The average Bonchev–Trinajstić information content (AvgIpc) is 2.81. The normalized spacial score (nSPS) is 19.2. The number of piperidine rings is 1. The van der Waals surface area contributed by atoms with E-state index in [1.807, 2.05) is 18.2 Å². The molecule has 0 saturated carbocycles. The van der Waals surface area contributed by atoms with E-state index in [0.717, 1.165) is 41.5 Å². The predicted octanol–water partition coefficient (Wildman–Crippen LogP) is 4.16. The first-order chi connectivity index (χ1) is 10.0. The van der Waals surface area contributed by atoms with E-state index in [1.165, 1.54) is 12.8 Å². The molecule has 1 aliphatic heterocycles. The van der Waals surface area contributed by atoms with Crippen LogP contribution >= 0.6 is 23.2 Å². The van der Waals surface area contributed by atoms with Crippen LogP contribution in [0.2, 0.25) is 5.02 Å². The molecule has 1 aromatic carbocycles. The smallest absolute Gasteiger partial charge is 0.124 e. The zero-order chi connectivity index (χ0) is 15.0. The summed E-state index contributed by atoms with van der Waals surface area (Å²) in [5, 5.41) is 0.757. The van der Waals surface area contributed by atoms with E-state index in [-0.39, 0.29) is 5.41 Å². The second kappa shape index (κ2) is 5.79. The minimum atomic E-state index is 0.278. The Morgan fingerprint density at radius 2 is 2.00 bits per heavy atom. The summed E-state index contributed by atoms with van der Waals surface area (Å²) in [7, 11) is 2.19. The summed E-state index contributed by atoms with van der Waals surface area (Å²) in [5.74, 6) is 1.33. The summed E-state index contributed by atoms with van der Waals surface area (Å²) in [4.78, 5) is 7.03. The van der Waals surface area contributed by atoms with Crippen molar-refractivity contribution in [2.45, 2.75) is 32.2 Å². The summed E-state index contributed by atoms with van der Waals surface area (Å²) in [6.45, 7) is 5.59. The van der Waals surface area contributed by atoms with Gasteiger partial charge in [0, 0.05) is 6.54 Å². The summed E-state index contributed by atoms with van der Waals surface area (Å²) in [6.07, 6.45) is 2.38. The molecule has 2 aromatic rings. The third-order valence-electron chi connectivity index (χ3n) is 4.65. The average molecular weight is 326 g/mol. The van der Waals surface area contributed by atoms with Crippen molar-refractivity contribution in [1.29, 1.82) is 0 Å². The van der Waals surface area contributed by atoms with Gasteiger partial charge in [-0.15, -0.1) is 11.6 Å². The van der Waals surface area contributed by atoms with Crippen molar-refractivity contribution in [3.05, 3.63) is 29.0 Å². The second-order valence-electron chi connectivity index (χ2n) is 6.47. The molecule has 3 rings (SSSR count). The lowest BCUT2D eigenvalue weighted by Gasteiger charge is -2.38. The van der Waals surface area contributed by atoms with Crippen LogP contribution in [-0.4, -0.2) is 34.6 Å². The molecule has 3 nitrogen and oxygen atoms in total. The molecule has 2 heterocycles. The number of fused-ring (bicyclic) bond motifs is 1. The number of hydrogen-bond acceptors (Lipinski definition) is 2. The molecule has 0 spiro atoms. The van der Waals surface area contributed by atoms with Gasteiger partial charge in [0.2, 0.25) is 0 Å². The van der Waals surface area contributed by atoms with Gasteiger partial charge in [0.25, 0.3) is 0 Å². The maximum absolute atomic E-state index is 6.41. The molecule has 0 unspecified atom stereocenters. The zero-order valence-corrected chi connectivity index (χ0v) is 14.1. The fourth-order valence-electron chi connectivity index (χ4n) is 3.16. The summed E-state index contributed by atoms with van der Waals surface area (Å²) in [6, 6.07) is 5.87. The molecular weight excluding hydrogens is 305 g/mol. The highest BCUT2D eigenvalue weighted by molar-refractivity contribution is 6.35. The van der Waals surface area contributed by atoms with Gasteiger partial charge < -0.3 is 9.47 Å². The first-order valence-electron chi connectivity index (χ1n) is 7.40. The Kier molecular flexibility index (Phi) is 4.17. The van der Waals surface area contributed by atoms with E-state index >= 15 is 0 Å². The van der Waals surface area contributed by atoms with Crippen molar-refractivity contribution in [2.24, 2.45) is 5.41 Å². The van der Waals surface area contributed by atoms with Gasteiger partial charge in [-0.2, -0.15) is 0 Å². The van der Waals surface area contributed by atoms with Gasteiger partial charge in [0.05, 0.1) is 21.9 Å². The summed E-state index contributed by atoms with van der Waals surface area (Å²) in [5.41, 5.74) is 2.24. The fourth-order valence-corrected chi connectivity index (χ4v) is 3.64. The summed E-state index contributed by atoms with van der Waals surface area (Å²) < 4.78 is 2.23. The molecule has 0 bridgehead atoms. The lowest BCUT2D eigenvalue weighted by atomic mass is 9.80. The third-order valence-corrected chi connectivity index (χ3v) is 5.19. The largest absolute Gasteiger partial charge is 0.325 e. The Bertz CT molecular complexity index is 642.